The van der Waals surface area contributed by atoms with Gasteiger partial charge < -0.3 is 40.8 Å². The highest BCUT2D eigenvalue weighted by atomic mass is 16.6. The summed E-state index contributed by atoms with van der Waals surface area (Å²) in [5.41, 5.74) is 3.31. The number of rotatable bonds is 15. The smallest absolute Gasteiger partial charge is 0.411 e. The number of nitrogens with zero attached hydrogens (tertiary/aromatic N) is 1. The number of ether oxygens (including phenoxy) is 1. The molecule has 4 aromatic rings. The van der Waals surface area contributed by atoms with E-state index >= 15 is 0 Å². The molecule has 0 bridgehead atoms. The van der Waals surface area contributed by atoms with Crippen molar-refractivity contribution in [2.75, 3.05) is 51.1 Å². The maximum atomic E-state index is 12.7. The summed E-state index contributed by atoms with van der Waals surface area (Å²) in [5.74, 6) is -0.0356. The number of urea groups is 1. The van der Waals surface area contributed by atoms with E-state index in [1.165, 1.54) is 12.1 Å². The number of aliphatic hydroxyl groups excluding tert-OH is 1. The molecule has 0 aliphatic carbocycles. The molecule has 1 atom stereocenters. The average molecular weight is 671 g/mol. The van der Waals surface area contributed by atoms with Crippen molar-refractivity contribution < 1.29 is 24.5 Å². The van der Waals surface area contributed by atoms with E-state index in [1.54, 1.807) is 12.1 Å². The van der Waals surface area contributed by atoms with Crippen LogP contribution in [0.5, 0.6) is 5.75 Å². The van der Waals surface area contributed by atoms with Crippen LogP contribution in [0.2, 0.25) is 0 Å². The summed E-state index contributed by atoms with van der Waals surface area (Å²) < 4.78 is 5.72. The van der Waals surface area contributed by atoms with Crippen LogP contribution in [0.4, 0.5) is 15.3 Å². The lowest BCUT2D eigenvalue weighted by molar-refractivity contribution is 0.0594. The van der Waals surface area contributed by atoms with Gasteiger partial charge in [-0.05, 0) is 61.6 Å². The van der Waals surface area contributed by atoms with Crippen molar-refractivity contribution in [1.82, 2.24) is 25.8 Å². The Hall–Kier alpha value is -4.91. The second-order valence-electron chi connectivity index (χ2n) is 12.2. The second-order valence-corrected chi connectivity index (χ2v) is 12.2. The number of piperidine rings is 1. The molecule has 3 amide bonds. The minimum absolute atomic E-state index is 0.0356. The SMILES string of the molecule is O=C(NCCCCCNC[C@H](O)c1ccc(O)c2[nH]c(=O)ccc12)NCCN1CCC(OC(=O)Nc2ccccc2-c2ccccc2)CC1. The zero-order valence-electron chi connectivity index (χ0n) is 27.6. The molecule has 7 N–H and O–H groups in total. The van der Waals surface area contributed by atoms with Crippen molar-refractivity contribution in [3.8, 4) is 16.9 Å². The first-order valence-electron chi connectivity index (χ1n) is 17.0. The van der Waals surface area contributed by atoms with Crippen molar-refractivity contribution >= 4 is 28.7 Å². The number of amides is 3. The molecule has 49 heavy (non-hydrogen) atoms. The molecular weight excluding hydrogens is 624 g/mol. The summed E-state index contributed by atoms with van der Waals surface area (Å²) >= 11 is 0. The lowest BCUT2D eigenvalue weighted by atomic mass is 10.0. The molecule has 1 aromatic heterocycles. The Morgan fingerprint density at radius 3 is 2.43 bits per heavy atom. The molecule has 2 heterocycles. The Kier molecular flexibility index (Phi) is 13.0. The maximum absolute atomic E-state index is 12.7. The predicted molar refractivity (Wildman–Crippen MR) is 191 cm³/mol. The topological polar surface area (TPSA) is 168 Å². The van der Waals surface area contributed by atoms with Gasteiger partial charge in [-0.25, -0.2) is 9.59 Å². The highest BCUT2D eigenvalue weighted by Crippen LogP contribution is 2.29. The number of aliphatic hydroxyl groups is 1. The van der Waals surface area contributed by atoms with E-state index in [-0.39, 0.29) is 23.4 Å². The maximum Gasteiger partial charge on any atom is 0.411 e. The van der Waals surface area contributed by atoms with E-state index in [0.717, 1.165) is 62.9 Å². The van der Waals surface area contributed by atoms with Crippen LogP contribution in [0.3, 0.4) is 0 Å². The van der Waals surface area contributed by atoms with Crippen LogP contribution in [-0.4, -0.2) is 84.1 Å². The number of unbranched alkanes of at least 4 members (excludes halogenated alkanes) is 2. The quantitative estimate of drug-likeness (QED) is 0.0893. The fourth-order valence-corrected chi connectivity index (χ4v) is 6.05. The van der Waals surface area contributed by atoms with Crippen LogP contribution in [-0.2, 0) is 4.74 Å². The number of benzene rings is 3. The number of aromatic amines is 1. The Morgan fingerprint density at radius 1 is 0.878 bits per heavy atom. The monoisotopic (exact) mass is 670 g/mol. The highest BCUT2D eigenvalue weighted by molar-refractivity contribution is 5.91. The Labute approximate surface area is 285 Å². The van der Waals surface area contributed by atoms with Gasteiger partial charge >= 0.3 is 12.1 Å². The summed E-state index contributed by atoms with van der Waals surface area (Å²) in [6, 6.07) is 23.5. The summed E-state index contributed by atoms with van der Waals surface area (Å²) in [6.45, 7) is 4.47. The Bertz CT molecular complexity index is 1720. The van der Waals surface area contributed by atoms with Gasteiger partial charge in [-0.2, -0.15) is 0 Å². The Balaban J connectivity index is 0.881. The molecule has 3 aromatic carbocycles. The number of pyridine rings is 1. The molecule has 1 fully saturated rings. The fourth-order valence-electron chi connectivity index (χ4n) is 6.05. The van der Waals surface area contributed by atoms with E-state index in [1.807, 2.05) is 54.6 Å². The van der Waals surface area contributed by atoms with Crippen molar-refractivity contribution in [1.29, 1.82) is 0 Å². The van der Waals surface area contributed by atoms with Crippen molar-refractivity contribution in [2.24, 2.45) is 0 Å². The number of likely N-dealkylation sites (tertiary alicyclic amines) is 1. The number of H-pyrrole nitrogens is 1. The lowest BCUT2D eigenvalue weighted by Gasteiger charge is -2.31. The number of para-hydroxylation sites is 1. The number of fused-ring (bicyclic) bond motifs is 1. The third-order valence-corrected chi connectivity index (χ3v) is 8.69. The molecule has 12 nitrogen and oxygen atoms in total. The average Bonchev–Trinajstić information content (AvgIpc) is 3.11. The number of aromatic hydroxyl groups is 1. The molecule has 0 unspecified atom stereocenters. The molecule has 0 radical (unpaired) electrons. The van der Waals surface area contributed by atoms with Gasteiger partial charge in [0.05, 0.1) is 17.3 Å². The van der Waals surface area contributed by atoms with Gasteiger partial charge in [-0.3, -0.25) is 10.1 Å². The third kappa shape index (κ3) is 10.5. The molecule has 260 valence electrons. The number of phenols is 1. The summed E-state index contributed by atoms with van der Waals surface area (Å²) in [4.78, 5) is 41.4. The number of hydrogen-bond acceptors (Lipinski definition) is 8. The van der Waals surface area contributed by atoms with Gasteiger partial charge in [0.2, 0.25) is 5.56 Å². The van der Waals surface area contributed by atoms with Gasteiger partial charge in [0.15, 0.2) is 0 Å². The number of hydrogen-bond donors (Lipinski definition) is 7. The molecular formula is C37H46N6O6. The lowest BCUT2D eigenvalue weighted by Crippen LogP contribution is -2.44. The zero-order chi connectivity index (χ0) is 34.4. The summed E-state index contributed by atoms with van der Waals surface area (Å²) in [5, 5.41) is 33.3. The van der Waals surface area contributed by atoms with E-state index in [4.69, 9.17) is 4.74 Å². The van der Waals surface area contributed by atoms with Crippen molar-refractivity contribution in [2.45, 2.75) is 44.3 Å². The second kappa shape index (κ2) is 18.0. The predicted octanol–water partition coefficient (Wildman–Crippen LogP) is 4.71. The standard InChI is InChI=1S/C37H46N6O6/c44-32-15-13-29(30-14-16-34(46)42-35(30)32)33(45)25-38-19-7-2-8-20-39-36(47)40-21-24-43-22-17-27(18-23-43)49-37(48)41-31-12-6-5-11-28(31)26-9-3-1-4-10-26/h1,3-6,9-16,27,33,38,44-45H,2,7-8,17-25H2,(H,41,48)(H,42,46)(H2,39,40,47)/t33-/m0/s1. The largest absolute Gasteiger partial charge is 0.506 e. The van der Waals surface area contributed by atoms with Gasteiger partial charge in [0.25, 0.3) is 0 Å². The van der Waals surface area contributed by atoms with Gasteiger partial charge in [0, 0.05) is 56.3 Å². The number of nitrogens with one attached hydrogen (secondary N) is 5. The van der Waals surface area contributed by atoms with E-state index < -0.39 is 12.2 Å². The number of anilines is 1. The third-order valence-electron chi connectivity index (χ3n) is 8.69. The Morgan fingerprint density at radius 2 is 1.61 bits per heavy atom. The van der Waals surface area contributed by atoms with Crippen LogP contribution < -0.4 is 26.8 Å². The molecule has 1 aliphatic rings. The summed E-state index contributed by atoms with van der Waals surface area (Å²) in [7, 11) is 0. The first-order valence-corrected chi connectivity index (χ1v) is 17.0. The van der Waals surface area contributed by atoms with E-state index in [9.17, 15) is 24.6 Å². The minimum atomic E-state index is -0.792. The number of carbonyl (C=O) groups excluding carboxylic acids is 2. The molecule has 0 spiro atoms. The van der Waals surface area contributed by atoms with Gasteiger partial charge in [0.1, 0.15) is 11.9 Å². The molecule has 0 saturated carbocycles. The van der Waals surface area contributed by atoms with Crippen molar-refractivity contribution in [3.63, 3.8) is 0 Å². The van der Waals surface area contributed by atoms with Gasteiger partial charge in [-0.1, -0.05) is 61.0 Å². The van der Waals surface area contributed by atoms with Crippen LogP contribution in [0.15, 0.2) is 83.7 Å². The fraction of sp³-hybridized carbons (Fsp3) is 0.378. The normalized spacial score (nSPS) is 14.3. The molecule has 5 rings (SSSR count). The van der Waals surface area contributed by atoms with Crippen molar-refractivity contribution in [3.05, 3.63) is 94.8 Å². The number of aromatic nitrogens is 1. The first kappa shape index (κ1) is 35.4. The molecule has 1 saturated heterocycles. The van der Waals surface area contributed by atoms with Crippen LogP contribution >= 0.6 is 0 Å². The number of carbonyl (C=O) groups is 2. The zero-order valence-corrected chi connectivity index (χ0v) is 27.6. The number of phenolic OH excluding ortho intramolecular Hbond substituents is 1. The first-order chi connectivity index (χ1) is 23.9. The van der Waals surface area contributed by atoms with Crippen LogP contribution in [0.1, 0.15) is 43.8 Å². The highest BCUT2D eigenvalue weighted by Gasteiger charge is 2.23. The van der Waals surface area contributed by atoms with E-state index in [0.29, 0.717) is 48.3 Å². The van der Waals surface area contributed by atoms with Crippen LogP contribution in [0, 0.1) is 0 Å². The summed E-state index contributed by atoms with van der Waals surface area (Å²) in [6.07, 6.45) is 2.74. The van der Waals surface area contributed by atoms with Gasteiger partial charge in [-0.15, -0.1) is 0 Å². The van der Waals surface area contributed by atoms with Crippen LogP contribution in [0.25, 0.3) is 22.0 Å². The molecule has 1 aliphatic heterocycles. The molecule has 12 heteroatoms. The van der Waals surface area contributed by atoms with E-state index in [2.05, 4.69) is 31.2 Å². The minimum Gasteiger partial charge on any atom is -0.506 e.